The lowest BCUT2D eigenvalue weighted by Crippen LogP contribution is -2.35. The molecule has 0 heterocycles. The van der Waals surface area contributed by atoms with Gasteiger partial charge in [0.05, 0.1) is 6.61 Å². The largest absolute Gasteiger partial charge is 0.394 e. The molecule has 0 spiro atoms. The number of aryl methyl sites for hydroxylation is 1. The van der Waals surface area contributed by atoms with E-state index in [1.807, 2.05) is 37.3 Å². The van der Waals surface area contributed by atoms with E-state index in [-0.39, 0.29) is 24.5 Å². The van der Waals surface area contributed by atoms with E-state index in [4.69, 9.17) is 0 Å². The van der Waals surface area contributed by atoms with Crippen LogP contribution in [0.3, 0.4) is 0 Å². The topological polar surface area (TPSA) is 69.6 Å². The van der Waals surface area contributed by atoms with Gasteiger partial charge < -0.3 is 15.3 Å². The number of carbonyl (C=O) groups excluding carboxylic acids is 2. The first-order chi connectivity index (χ1) is 13.2. The normalized spacial score (nSPS) is 12.0. The van der Waals surface area contributed by atoms with Crippen molar-refractivity contribution in [2.24, 2.45) is 5.92 Å². The second-order valence-corrected chi connectivity index (χ2v) is 7.80. The molecule has 1 atom stereocenters. The van der Waals surface area contributed by atoms with E-state index >= 15 is 0 Å². The summed E-state index contributed by atoms with van der Waals surface area (Å²) in [6, 6.07) is 12.8. The predicted octanol–water partition coefficient (Wildman–Crippen LogP) is 3.50. The van der Waals surface area contributed by atoms with Crippen molar-refractivity contribution in [3.05, 3.63) is 59.2 Å². The lowest BCUT2D eigenvalue weighted by molar-refractivity contribution is 0.0779. The minimum atomic E-state index is -0.363. The number of rotatable bonds is 7. The van der Waals surface area contributed by atoms with Crippen molar-refractivity contribution in [3.63, 3.8) is 0 Å². The summed E-state index contributed by atoms with van der Waals surface area (Å²) >= 11 is 0. The molecule has 0 unspecified atom stereocenters. The SMILES string of the molecule is Cc1ccc(-c2cc(C(=O)N[C@@H](C)CO)cc(C(=O)N(C)CC(C)C)c2)cc1. The molecule has 2 aromatic rings. The summed E-state index contributed by atoms with van der Waals surface area (Å²) in [6.07, 6.45) is 0. The number of hydrogen-bond donors (Lipinski definition) is 2. The fourth-order valence-electron chi connectivity index (χ4n) is 3.00. The van der Waals surface area contributed by atoms with Gasteiger partial charge in [0.25, 0.3) is 11.8 Å². The van der Waals surface area contributed by atoms with Gasteiger partial charge in [0.1, 0.15) is 0 Å². The molecule has 0 radical (unpaired) electrons. The number of nitrogens with one attached hydrogen (secondary N) is 1. The van der Waals surface area contributed by atoms with Crippen LogP contribution in [0.5, 0.6) is 0 Å². The Bertz CT molecular complexity index is 828. The van der Waals surface area contributed by atoms with Gasteiger partial charge >= 0.3 is 0 Å². The Hall–Kier alpha value is -2.66. The molecule has 0 aliphatic carbocycles. The van der Waals surface area contributed by atoms with Gasteiger partial charge in [0.15, 0.2) is 0 Å². The van der Waals surface area contributed by atoms with Gasteiger partial charge in [0, 0.05) is 30.8 Å². The highest BCUT2D eigenvalue weighted by molar-refractivity contribution is 6.01. The van der Waals surface area contributed by atoms with Crippen molar-refractivity contribution in [2.75, 3.05) is 20.2 Å². The maximum atomic E-state index is 12.9. The zero-order chi connectivity index (χ0) is 20.8. The molecular weight excluding hydrogens is 352 g/mol. The van der Waals surface area contributed by atoms with Crippen molar-refractivity contribution in [1.82, 2.24) is 10.2 Å². The zero-order valence-corrected chi connectivity index (χ0v) is 17.3. The van der Waals surface area contributed by atoms with Crippen LogP contribution in [0, 0.1) is 12.8 Å². The van der Waals surface area contributed by atoms with Crippen LogP contribution in [0.25, 0.3) is 11.1 Å². The number of aliphatic hydroxyl groups excluding tert-OH is 1. The Kier molecular flexibility index (Phi) is 7.35. The fraction of sp³-hybridized carbons (Fsp3) is 0.391. The Morgan fingerprint density at radius 1 is 1.00 bits per heavy atom. The van der Waals surface area contributed by atoms with E-state index in [0.717, 1.165) is 16.7 Å². The third kappa shape index (κ3) is 5.67. The molecule has 28 heavy (non-hydrogen) atoms. The smallest absolute Gasteiger partial charge is 0.253 e. The predicted molar refractivity (Wildman–Crippen MR) is 112 cm³/mol. The Morgan fingerprint density at radius 2 is 1.61 bits per heavy atom. The zero-order valence-electron chi connectivity index (χ0n) is 17.3. The second kappa shape index (κ2) is 9.51. The monoisotopic (exact) mass is 382 g/mol. The third-order valence-corrected chi connectivity index (χ3v) is 4.46. The molecule has 2 amide bonds. The molecule has 0 aromatic heterocycles. The van der Waals surface area contributed by atoms with Gasteiger partial charge in [-0.05, 0) is 49.1 Å². The highest BCUT2D eigenvalue weighted by Crippen LogP contribution is 2.24. The first-order valence-electron chi connectivity index (χ1n) is 9.60. The van der Waals surface area contributed by atoms with Crippen LogP contribution < -0.4 is 5.32 Å². The maximum absolute atomic E-state index is 12.9. The first kappa shape index (κ1) is 21.6. The molecule has 0 aliphatic rings. The Labute approximate surface area is 167 Å². The molecule has 0 bridgehead atoms. The van der Waals surface area contributed by atoms with Crippen molar-refractivity contribution in [2.45, 2.75) is 33.7 Å². The fourth-order valence-corrected chi connectivity index (χ4v) is 3.00. The van der Waals surface area contributed by atoms with Gasteiger partial charge in [-0.2, -0.15) is 0 Å². The highest BCUT2D eigenvalue weighted by atomic mass is 16.3. The number of nitrogens with zero attached hydrogens (tertiary/aromatic N) is 1. The first-order valence-corrected chi connectivity index (χ1v) is 9.60. The van der Waals surface area contributed by atoms with Crippen LogP contribution in [0.15, 0.2) is 42.5 Å². The van der Waals surface area contributed by atoms with Crippen molar-refractivity contribution in [1.29, 1.82) is 0 Å². The van der Waals surface area contributed by atoms with Crippen LogP contribution >= 0.6 is 0 Å². The van der Waals surface area contributed by atoms with Crippen molar-refractivity contribution < 1.29 is 14.7 Å². The summed E-state index contributed by atoms with van der Waals surface area (Å²) in [4.78, 5) is 27.2. The van der Waals surface area contributed by atoms with Crippen LogP contribution in [0.2, 0.25) is 0 Å². The molecule has 0 aliphatic heterocycles. The summed E-state index contributed by atoms with van der Waals surface area (Å²) in [5.74, 6) is -0.0783. The number of amides is 2. The number of benzene rings is 2. The van der Waals surface area contributed by atoms with Gasteiger partial charge in [0.2, 0.25) is 0 Å². The molecule has 150 valence electrons. The van der Waals surface area contributed by atoms with Crippen LogP contribution in [-0.2, 0) is 0 Å². The van der Waals surface area contributed by atoms with Crippen molar-refractivity contribution in [3.8, 4) is 11.1 Å². The Morgan fingerprint density at radius 3 is 2.18 bits per heavy atom. The molecule has 0 saturated heterocycles. The molecule has 5 nitrogen and oxygen atoms in total. The third-order valence-electron chi connectivity index (χ3n) is 4.46. The average molecular weight is 383 g/mol. The molecular formula is C23H30N2O3. The van der Waals surface area contributed by atoms with Gasteiger partial charge in [-0.3, -0.25) is 9.59 Å². The van der Waals surface area contributed by atoms with Gasteiger partial charge in [-0.25, -0.2) is 0 Å². The van der Waals surface area contributed by atoms with Gasteiger partial charge in [-0.15, -0.1) is 0 Å². The summed E-state index contributed by atoms with van der Waals surface area (Å²) in [6.45, 7) is 8.34. The lowest BCUT2D eigenvalue weighted by atomic mass is 9.98. The molecule has 2 N–H and O–H groups in total. The standard InChI is InChI=1S/C23H30N2O3/c1-15(2)13-25(5)23(28)21-11-19(18-8-6-16(3)7-9-18)10-20(12-21)22(27)24-17(4)14-26/h6-12,15,17,26H,13-14H2,1-5H3,(H,24,27)/t17-/m0/s1. The summed E-state index contributed by atoms with van der Waals surface area (Å²) in [5, 5.41) is 12.0. The molecule has 2 aromatic carbocycles. The average Bonchev–Trinajstić information content (AvgIpc) is 2.66. The van der Waals surface area contributed by atoms with E-state index in [0.29, 0.717) is 23.6 Å². The number of hydrogen-bond acceptors (Lipinski definition) is 3. The number of aliphatic hydroxyl groups is 1. The van der Waals surface area contributed by atoms with Gasteiger partial charge in [-0.1, -0.05) is 43.7 Å². The number of carbonyl (C=O) groups is 2. The van der Waals surface area contributed by atoms with E-state index < -0.39 is 0 Å². The molecule has 0 fully saturated rings. The lowest BCUT2D eigenvalue weighted by Gasteiger charge is -2.20. The Balaban J connectivity index is 2.47. The summed E-state index contributed by atoms with van der Waals surface area (Å²) < 4.78 is 0. The molecule has 0 saturated carbocycles. The van der Waals surface area contributed by atoms with E-state index in [2.05, 4.69) is 19.2 Å². The van der Waals surface area contributed by atoms with Crippen molar-refractivity contribution >= 4 is 11.8 Å². The highest BCUT2D eigenvalue weighted by Gasteiger charge is 2.18. The van der Waals surface area contributed by atoms with Crippen LogP contribution in [0.1, 0.15) is 47.1 Å². The molecule has 5 heteroatoms. The maximum Gasteiger partial charge on any atom is 0.253 e. The van der Waals surface area contributed by atoms with E-state index in [1.54, 1.807) is 31.0 Å². The summed E-state index contributed by atoms with van der Waals surface area (Å²) in [7, 11) is 1.77. The van der Waals surface area contributed by atoms with E-state index in [1.165, 1.54) is 0 Å². The molecule has 2 rings (SSSR count). The minimum absolute atomic E-state index is 0.119. The minimum Gasteiger partial charge on any atom is -0.394 e. The summed E-state index contributed by atoms with van der Waals surface area (Å²) in [5.41, 5.74) is 3.77. The second-order valence-electron chi connectivity index (χ2n) is 7.80. The quantitative estimate of drug-likeness (QED) is 0.770. The van der Waals surface area contributed by atoms with E-state index in [9.17, 15) is 14.7 Å². The van der Waals surface area contributed by atoms with Crippen LogP contribution in [0.4, 0.5) is 0 Å². The van der Waals surface area contributed by atoms with Crippen LogP contribution in [-0.4, -0.2) is 48.1 Å².